The fraction of sp³-hybridized carbons (Fsp3) is 0.615. The molecule has 2 rings (SSSR count). The molecule has 0 radical (unpaired) electrons. The highest BCUT2D eigenvalue weighted by atomic mass is 16.3. The van der Waals surface area contributed by atoms with Gasteiger partial charge in [-0.25, -0.2) is 0 Å². The summed E-state index contributed by atoms with van der Waals surface area (Å²) in [4.78, 5) is 14.4. The summed E-state index contributed by atoms with van der Waals surface area (Å²) in [6, 6.07) is 2.28. The quantitative estimate of drug-likeness (QED) is 0.807. The Balaban J connectivity index is 2.27. The van der Waals surface area contributed by atoms with Crippen molar-refractivity contribution >= 4 is 5.91 Å². The van der Waals surface area contributed by atoms with Crippen LogP contribution in [0.5, 0.6) is 0 Å². The van der Waals surface area contributed by atoms with Crippen LogP contribution in [0.3, 0.4) is 0 Å². The van der Waals surface area contributed by atoms with E-state index >= 15 is 0 Å². The zero-order chi connectivity index (χ0) is 12.6. The van der Waals surface area contributed by atoms with E-state index in [4.69, 9.17) is 4.42 Å². The summed E-state index contributed by atoms with van der Waals surface area (Å²) in [5.74, 6) is 1.59. The number of furan rings is 1. The van der Waals surface area contributed by atoms with Gasteiger partial charge in [-0.1, -0.05) is 0 Å². The van der Waals surface area contributed by atoms with E-state index in [1.165, 1.54) is 0 Å². The summed E-state index contributed by atoms with van der Waals surface area (Å²) in [7, 11) is 0. The average molecular weight is 236 g/mol. The van der Waals surface area contributed by atoms with Crippen LogP contribution >= 0.6 is 0 Å². The molecule has 1 aromatic heterocycles. The monoisotopic (exact) mass is 236 g/mol. The van der Waals surface area contributed by atoms with Gasteiger partial charge in [0.05, 0.1) is 5.56 Å². The first kappa shape index (κ1) is 12.2. The second-order valence-electron chi connectivity index (χ2n) is 4.90. The first-order chi connectivity index (χ1) is 8.00. The second kappa shape index (κ2) is 4.53. The molecule has 1 aliphatic heterocycles. The van der Waals surface area contributed by atoms with Gasteiger partial charge in [0.25, 0.3) is 5.91 Å². The molecule has 4 nitrogen and oxygen atoms in total. The predicted molar refractivity (Wildman–Crippen MR) is 66.1 cm³/mol. The highest BCUT2D eigenvalue weighted by Gasteiger charge is 2.31. The minimum Gasteiger partial charge on any atom is -0.466 e. The minimum atomic E-state index is 0.0841. The van der Waals surface area contributed by atoms with Gasteiger partial charge < -0.3 is 14.6 Å². The van der Waals surface area contributed by atoms with Crippen molar-refractivity contribution in [3.05, 3.63) is 23.2 Å². The summed E-state index contributed by atoms with van der Waals surface area (Å²) in [5, 5.41) is 3.32. The zero-order valence-corrected chi connectivity index (χ0v) is 10.9. The Morgan fingerprint density at radius 1 is 1.35 bits per heavy atom. The molecule has 17 heavy (non-hydrogen) atoms. The predicted octanol–water partition coefficient (Wildman–Crippen LogP) is 1.72. The van der Waals surface area contributed by atoms with Crippen LogP contribution in [0, 0.1) is 13.8 Å². The Kier molecular flexibility index (Phi) is 3.24. The Morgan fingerprint density at radius 3 is 2.41 bits per heavy atom. The molecule has 1 amide bonds. The number of hydrogen-bond acceptors (Lipinski definition) is 3. The summed E-state index contributed by atoms with van der Waals surface area (Å²) in [6.07, 6.45) is 0. The van der Waals surface area contributed by atoms with Gasteiger partial charge in [-0.15, -0.1) is 0 Å². The van der Waals surface area contributed by atoms with Crippen molar-refractivity contribution in [2.45, 2.75) is 39.8 Å². The van der Waals surface area contributed by atoms with E-state index < -0.39 is 0 Å². The van der Waals surface area contributed by atoms with Gasteiger partial charge in [-0.05, 0) is 33.8 Å². The molecule has 0 bridgehead atoms. The van der Waals surface area contributed by atoms with E-state index in [1.807, 2.05) is 24.8 Å². The minimum absolute atomic E-state index is 0.0841. The van der Waals surface area contributed by atoms with Gasteiger partial charge >= 0.3 is 0 Å². The first-order valence-electron chi connectivity index (χ1n) is 6.11. The highest BCUT2D eigenvalue weighted by molar-refractivity contribution is 5.95. The molecule has 2 atom stereocenters. The maximum Gasteiger partial charge on any atom is 0.257 e. The number of nitrogens with zero attached hydrogens (tertiary/aromatic N) is 1. The van der Waals surface area contributed by atoms with Crippen molar-refractivity contribution in [3.8, 4) is 0 Å². The van der Waals surface area contributed by atoms with Gasteiger partial charge in [-0.3, -0.25) is 4.79 Å². The lowest BCUT2D eigenvalue weighted by Gasteiger charge is -2.39. The number of piperazine rings is 1. The molecule has 1 fully saturated rings. The third-order valence-corrected chi connectivity index (χ3v) is 3.34. The van der Waals surface area contributed by atoms with Crippen LogP contribution in [0.4, 0.5) is 0 Å². The standard InChI is InChI=1S/C13H20N2O2/c1-8-6-14-7-9(2)15(8)13(16)12-5-10(3)17-11(12)4/h5,8-9,14H,6-7H2,1-4H3. The summed E-state index contributed by atoms with van der Waals surface area (Å²) < 4.78 is 5.43. The normalized spacial score (nSPS) is 25.1. The molecule has 0 aromatic carbocycles. The molecule has 2 unspecified atom stereocenters. The molecular weight excluding hydrogens is 216 g/mol. The summed E-state index contributed by atoms with van der Waals surface area (Å²) in [6.45, 7) is 9.57. The molecule has 1 saturated heterocycles. The number of carbonyl (C=O) groups excluding carboxylic acids is 1. The Labute approximate surface area is 102 Å². The molecule has 0 saturated carbocycles. The third kappa shape index (κ3) is 2.22. The number of amides is 1. The van der Waals surface area contributed by atoms with Crippen LogP contribution in [0.2, 0.25) is 0 Å². The lowest BCUT2D eigenvalue weighted by atomic mass is 10.1. The maximum atomic E-state index is 12.5. The van der Waals surface area contributed by atoms with E-state index in [-0.39, 0.29) is 18.0 Å². The average Bonchev–Trinajstić information content (AvgIpc) is 2.57. The van der Waals surface area contributed by atoms with Crippen molar-refractivity contribution in [1.29, 1.82) is 0 Å². The van der Waals surface area contributed by atoms with Crippen LogP contribution in [0.15, 0.2) is 10.5 Å². The van der Waals surface area contributed by atoms with Crippen LogP contribution in [-0.2, 0) is 0 Å². The highest BCUT2D eigenvalue weighted by Crippen LogP contribution is 2.20. The Bertz CT molecular complexity index is 415. The summed E-state index contributed by atoms with van der Waals surface area (Å²) >= 11 is 0. The number of rotatable bonds is 1. The van der Waals surface area contributed by atoms with Crippen molar-refractivity contribution in [2.75, 3.05) is 13.1 Å². The van der Waals surface area contributed by atoms with E-state index in [2.05, 4.69) is 19.2 Å². The Morgan fingerprint density at radius 2 is 1.94 bits per heavy atom. The van der Waals surface area contributed by atoms with E-state index in [0.29, 0.717) is 11.3 Å². The van der Waals surface area contributed by atoms with Gasteiger partial charge in [-0.2, -0.15) is 0 Å². The second-order valence-corrected chi connectivity index (χ2v) is 4.90. The maximum absolute atomic E-state index is 12.5. The molecule has 1 aliphatic rings. The molecule has 2 heterocycles. The zero-order valence-electron chi connectivity index (χ0n) is 10.9. The third-order valence-electron chi connectivity index (χ3n) is 3.34. The SMILES string of the molecule is Cc1cc(C(=O)N2C(C)CNCC2C)c(C)o1. The smallest absolute Gasteiger partial charge is 0.257 e. The van der Waals surface area contributed by atoms with Crippen LogP contribution in [0.1, 0.15) is 35.7 Å². The lowest BCUT2D eigenvalue weighted by molar-refractivity contribution is 0.0542. The summed E-state index contributed by atoms with van der Waals surface area (Å²) in [5.41, 5.74) is 0.697. The molecule has 1 N–H and O–H groups in total. The number of aryl methyl sites for hydroxylation is 2. The number of carbonyl (C=O) groups is 1. The molecule has 0 spiro atoms. The topological polar surface area (TPSA) is 45.5 Å². The molecule has 4 heteroatoms. The largest absolute Gasteiger partial charge is 0.466 e. The fourth-order valence-electron chi connectivity index (χ4n) is 2.51. The number of hydrogen-bond donors (Lipinski definition) is 1. The van der Waals surface area contributed by atoms with Crippen molar-refractivity contribution < 1.29 is 9.21 Å². The van der Waals surface area contributed by atoms with Crippen LogP contribution < -0.4 is 5.32 Å². The number of nitrogens with one attached hydrogen (secondary N) is 1. The molecule has 1 aromatic rings. The van der Waals surface area contributed by atoms with Gasteiger partial charge in [0.15, 0.2) is 0 Å². The first-order valence-corrected chi connectivity index (χ1v) is 6.11. The van der Waals surface area contributed by atoms with E-state index in [9.17, 15) is 4.79 Å². The van der Waals surface area contributed by atoms with Gasteiger partial charge in [0.1, 0.15) is 11.5 Å². The van der Waals surface area contributed by atoms with Crippen LogP contribution in [-0.4, -0.2) is 36.0 Å². The molecule has 0 aliphatic carbocycles. The van der Waals surface area contributed by atoms with Crippen molar-refractivity contribution in [2.24, 2.45) is 0 Å². The fourth-order valence-corrected chi connectivity index (χ4v) is 2.51. The lowest BCUT2D eigenvalue weighted by Crippen LogP contribution is -2.57. The van der Waals surface area contributed by atoms with Gasteiger partial charge in [0.2, 0.25) is 0 Å². The van der Waals surface area contributed by atoms with Gasteiger partial charge in [0, 0.05) is 25.2 Å². The van der Waals surface area contributed by atoms with Crippen LogP contribution in [0.25, 0.3) is 0 Å². The molecule has 94 valence electrons. The Hall–Kier alpha value is -1.29. The van der Waals surface area contributed by atoms with E-state index in [0.717, 1.165) is 18.8 Å². The van der Waals surface area contributed by atoms with Crippen molar-refractivity contribution in [3.63, 3.8) is 0 Å². The molecular formula is C13H20N2O2. The van der Waals surface area contributed by atoms with E-state index in [1.54, 1.807) is 0 Å². The van der Waals surface area contributed by atoms with Crippen molar-refractivity contribution in [1.82, 2.24) is 10.2 Å².